The molecule has 39 heavy (non-hydrogen) atoms. The first-order valence-electron chi connectivity index (χ1n) is 11.7. The quantitative estimate of drug-likeness (QED) is 0.280. The van der Waals surface area contributed by atoms with E-state index < -0.39 is 48.7 Å². The van der Waals surface area contributed by atoms with Crippen LogP contribution in [0.4, 0.5) is 26.3 Å². The SMILES string of the molecule is CN(CCC(=O)O)C(=O)c1ccc(C(CCC(F)(F)F)Oc2ccc(-c3ccc(C(F)(F)F)cc3)nc2)cc1. The molecule has 12 heteroatoms. The summed E-state index contributed by atoms with van der Waals surface area (Å²) in [6, 6.07) is 13.1. The minimum atomic E-state index is -4.48. The van der Waals surface area contributed by atoms with Gasteiger partial charge in [0.25, 0.3) is 5.91 Å². The van der Waals surface area contributed by atoms with Crippen molar-refractivity contribution >= 4 is 11.9 Å². The average Bonchev–Trinajstić information content (AvgIpc) is 2.88. The van der Waals surface area contributed by atoms with Crippen molar-refractivity contribution in [2.24, 2.45) is 0 Å². The van der Waals surface area contributed by atoms with Crippen molar-refractivity contribution in [3.8, 4) is 17.0 Å². The van der Waals surface area contributed by atoms with Gasteiger partial charge in [-0.2, -0.15) is 26.3 Å². The van der Waals surface area contributed by atoms with Crippen LogP contribution in [0.1, 0.15) is 46.9 Å². The number of carbonyl (C=O) groups is 2. The molecule has 0 saturated carbocycles. The molecule has 1 N–H and O–H groups in total. The number of rotatable bonds is 10. The number of halogens is 6. The van der Waals surface area contributed by atoms with Crippen LogP contribution in [0.2, 0.25) is 0 Å². The lowest BCUT2D eigenvalue weighted by Crippen LogP contribution is -2.29. The first-order valence-corrected chi connectivity index (χ1v) is 11.7. The number of nitrogens with zero attached hydrogens (tertiary/aromatic N) is 2. The van der Waals surface area contributed by atoms with Gasteiger partial charge in [-0.1, -0.05) is 24.3 Å². The topological polar surface area (TPSA) is 79.7 Å². The Hall–Kier alpha value is -4.09. The van der Waals surface area contributed by atoms with Crippen molar-refractivity contribution < 1.29 is 45.8 Å². The second-order valence-electron chi connectivity index (χ2n) is 8.71. The van der Waals surface area contributed by atoms with Crippen molar-refractivity contribution in [3.63, 3.8) is 0 Å². The number of amides is 1. The summed E-state index contributed by atoms with van der Waals surface area (Å²) in [5.74, 6) is -1.36. The fourth-order valence-electron chi connectivity index (χ4n) is 3.63. The Kier molecular flexibility index (Phi) is 9.20. The minimum Gasteiger partial charge on any atom is -0.484 e. The number of carboxylic acid groups (broad SMARTS) is 1. The second-order valence-corrected chi connectivity index (χ2v) is 8.71. The first-order chi connectivity index (χ1) is 18.2. The smallest absolute Gasteiger partial charge is 0.416 e. The normalized spacial score (nSPS) is 12.6. The molecule has 2 aromatic carbocycles. The maximum absolute atomic E-state index is 13.0. The molecule has 6 nitrogen and oxygen atoms in total. The molecule has 0 fully saturated rings. The summed E-state index contributed by atoms with van der Waals surface area (Å²) in [6.07, 6.45) is -10.5. The number of pyridine rings is 1. The van der Waals surface area contributed by atoms with E-state index in [1.54, 1.807) is 0 Å². The Morgan fingerprint density at radius 1 is 0.949 bits per heavy atom. The van der Waals surface area contributed by atoms with Gasteiger partial charge < -0.3 is 14.7 Å². The zero-order valence-electron chi connectivity index (χ0n) is 20.6. The van der Waals surface area contributed by atoms with E-state index in [0.717, 1.165) is 12.1 Å². The predicted molar refractivity (Wildman–Crippen MR) is 129 cm³/mol. The fourth-order valence-corrected chi connectivity index (χ4v) is 3.63. The van der Waals surface area contributed by atoms with Crippen LogP contribution in [0.15, 0.2) is 66.9 Å². The Morgan fingerprint density at radius 2 is 1.59 bits per heavy atom. The summed E-state index contributed by atoms with van der Waals surface area (Å²) in [7, 11) is 1.44. The Balaban J connectivity index is 1.76. The molecule has 0 radical (unpaired) electrons. The van der Waals surface area contributed by atoms with Gasteiger partial charge in [-0.25, -0.2) is 0 Å². The molecule has 0 aliphatic carbocycles. The van der Waals surface area contributed by atoms with Crippen LogP contribution < -0.4 is 4.74 Å². The van der Waals surface area contributed by atoms with E-state index in [1.807, 2.05) is 0 Å². The zero-order chi connectivity index (χ0) is 28.8. The van der Waals surface area contributed by atoms with Crippen molar-refractivity contribution in [1.29, 1.82) is 0 Å². The lowest BCUT2D eigenvalue weighted by molar-refractivity contribution is -0.139. The van der Waals surface area contributed by atoms with Gasteiger partial charge in [0.05, 0.1) is 23.9 Å². The number of hydrogen-bond donors (Lipinski definition) is 1. The van der Waals surface area contributed by atoms with E-state index in [4.69, 9.17) is 9.84 Å². The Morgan fingerprint density at radius 3 is 2.10 bits per heavy atom. The molecule has 3 rings (SSSR count). The van der Waals surface area contributed by atoms with Crippen molar-refractivity contribution in [2.75, 3.05) is 13.6 Å². The highest BCUT2D eigenvalue weighted by molar-refractivity contribution is 5.94. The van der Waals surface area contributed by atoms with Crippen LogP contribution in [0.3, 0.4) is 0 Å². The lowest BCUT2D eigenvalue weighted by atomic mass is 10.0. The highest BCUT2D eigenvalue weighted by atomic mass is 19.4. The van der Waals surface area contributed by atoms with Crippen LogP contribution in [0, 0.1) is 0 Å². The lowest BCUT2D eigenvalue weighted by Gasteiger charge is -2.21. The maximum Gasteiger partial charge on any atom is 0.416 e. The number of aromatic nitrogens is 1. The van der Waals surface area contributed by atoms with Gasteiger partial charge in [0.2, 0.25) is 0 Å². The summed E-state index contributed by atoms with van der Waals surface area (Å²) >= 11 is 0. The number of benzene rings is 2. The molecule has 1 aromatic heterocycles. The van der Waals surface area contributed by atoms with E-state index in [9.17, 15) is 35.9 Å². The third-order valence-corrected chi connectivity index (χ3v) is 5.75. The Bertz CT molecular complexity index is 1260. The second kappa shape index (κ2) is 12.2. The summed E-state index contributed by atoms with van der Waals surface area (Å²) in [5, 5.41) is 8.78. The minimum absolute atomic E-state index is 0.0112. The van der Waals surface area contributed by atoms with Crippen LogP contribution in [-0.4, -0.2) is 46.6 Å². The largest absolute Gasteiger partial charge is 0.484 e. The molecule has 0 saturated heterocycles. The first kappa shape index (κ1) is 29.5. The van der Waals surface area contributed by atoms with Crippen LogP contribution in [0.25, 0.3) is 11.3 Å². The van der Waals surface area contributed by atoms with Gasteiger partial charge in [-0.3, -0.25) is 14.6 Å². The molecule has 1 heterocycles. The fraction of sp³-hybridized carbons (Fsp3) is 0.296. The maximum atomic E-state index is 13.0. The predicted octanol–water partition coefficient (Wildman–Crippen LogP) is 6.78. The molecular formula is C27H24F6N2O4. The number of carboxylic acids is 1. The van der Waals surface area contributed by atoms with E-state index in [-0.39, 0.29) is 24.3 Å². The van der Waals surface area contributed by atoms with Gasteiger partial charge in [-0.05, 0) is 48.4 Å². The summed E-state index contributed by atoms with van der Waals surface area (Å²) in [4.78, 5) is 28.6. The molecule has 208 valence electrons. The summed E-state index contributed by atoms with van der Waals surface area (Å²) in [6.45, 7) is -0.0112. The zero-order valence-corrected chi connectivity index (χ0v) is 20.6. The highest BCUT2D eigenvalue weighted by Crippen LogP contribution is 2.33. The molecule has 0 bridgehead atoms. The van der Waals surface area contributed by atoms with Crippen molar-refractivity contribution in [3.05, 3.63) is 83.6 Å². The number of carbonyl (C=O) groups excluding carboxylic acids is 1. The molecule has 0 aliphatic heterocycles. The summed E-state index contributed by atoms with van der Waals surface area (Å²) < 4.78 is 83.1. The highest BCUT2D eigenvalue weighted by Gasteiger charge is 2.31. The van der Waals surface area contributed by atoms with Crippen molar-refractivity contribution in [1.82, 2.24) is 9.88 Å². The van der Waals surface area contributed by atoms with E-state index in [1.165, 1.54) is 66.7 Å². The monoisotopic (exact) mass is 554 g/mol. The number of alkyl halides is 6. The average molecular weight is 554 g/mol. The van der Waals surface area contributed by atoms with E-state index in [2.05, 4.69) is 4.98 Å². The molecule has 0 aliphatic rings. The number of aliphatic carboxylic acids is 1. The third kappa shape index (κ3) is 8.72. The van der Waals surface area contributed by atoms with E-state index >= 15 is 0 Å². The third-order valence-electron chi connectivity index (χ3n) is 5.75. The molecule has 1 amide bonds. The van der Waals surface area contributed by atoms with Crippen LogP contribution in [-0.2, 0) is 11.0 Å². The molecular weight excluding hydrogens is 530 g/mol. The number of ether oxygens (including phenoxy) is 1. The van der Waals surface area contributed by atoms with Gasteiger partial charge in [0.15, 0.2) is 0 Å². The van der Waals surface area contributed by atoms with Gasteiger partial charge in [0.1, 0.15) is 11.9 Å². The number of hydrogen-bond acceptors (Lipinski definition) is 4. The molecule has 3 aromatic rings. The van der Waals surface area contributed by atoms with Gasteiger partial charge in [-0.15, -0.1) is 0 Å². The van der Waals surface area contributed by atoms with Crippen LogP contribution >= 0.6 is 0 Å². The molecule has 0 spiro atoms. The van der Waals surface area contributed by atoms with Gasteiger partial charge >= 0.3 is 18.3 Å². The summed E-state index contributed by atoms with van der Waals surface area (Å²) in [5.41, 5.74) is 0.549. The van der Waals surface area contributed by atoms with E-state index in [0.29, 0.717) is 16.8 Å². The van der Waals surface area contributed by atoms with Crippen LogP contribution in [0.5, 0.6) is 5.75 Å². The molecule has 1 atom stereocenters. The molecule has 1 unspecified atom stereocenters. The standard InChI is InChI=1S/C27H24F6N2O4/c1-35(15-13-24(36)37)25(38)19-4-2-18(3-5-19)23(12-14-26(28,29)30)39-21-10-11-22(34-16-21)17-6-8-20(9-7-17)27(31,32)33/h2-11,16,23H,12-15H2,1H3,(H,36,37). The van der Waals surface area contributed by atoms with Crippen molar-refractivity contribution in [2.45, 2.75) is 37.7 Å². The Labute approximate surface area is 219 Å². The van der Waals surface area contributed by atoms with Gasteiger partial charge in [0, 0.05) is 31.1 Å².